The number of hydrogen-bond acceptors (Lipinski definition) is 4. The highest BCUT2D eigenvalue weighted by atomic mass is 35.5. The lowest BCUT2D eigenvalue weighted by atomic mass is 10.1. The van der Waals surface area contributed by atoms with Crippen LogP contribution >= 0.6 is 11.6 Å². The molecule has 0 aliphatic rings. The van der Waals surface area contributed by atoms with Crippen molar-refractivity contribution in [1.29, 1.82) is 0 Å². The van der Waals surface area contributed by atoms with Crippen LogP contribution in [0.5, 0.6) is 11.5 Å². The van der Waals surface area contributed by atoms with E-state index in [1.807, 2.05) is 54.6 Å². The second-order valence-corrected chi connectivity index (χ2v) is 5.70. The summed E-state index contributed by atoms with van der Waals surface area (Å²) in [6.45, 7) is 1.78. The minimum atomic E-state index is -0.352. The van der Waals surface area contributed by atoms with Crippen LogP contribution in [0.2, 0.25) is 5.15 Å². The molecule has 124 valence electrons. The van der Waals surface area contributed by atoms with E-state index in [4.69, 9.17) is 26.8 Å². The zero-order valence-electron chi connectivity index (χ0n) is 13.4. The third kappa shape index (κ3) is 3.53. The van der Waals surface area contributed by atoms with Crippen molar-refractivity contribution >= 4 is 11.6 Å². The van der Waals surface area contributed by atoms with Gasteiger partial charge in [0.2, 0.25) is 0 Å². The highest BCUT2D eigenvalue weighted by molar-refractivity contribution is 6.29. The molecule has 24 heavy (non-hydrogen) atoms. The van der Waals surface area contributed by atoms with Crippen molar-refractivity contribution in [1.82, 2.24) is 9.78 Å². The highest BCUT2D eigenvalue weighted by Crippen LogP contribution is 2.28. The van der Waals surface area contributed by atoms with Gasteiger partial charge >= 0.3 is 0 Å². The van der Waals surface area contributed by atoms with Gasteiger partial charge in [0.05, 0.1) is 18.5 Å². The van der Waals surface area contributed by atoms with E-state index in [9.17, 15) is 0 Å². The van der Waals surface area contributed by atoms with Gasteiger partial charge in [0.15, 0.2) is 5.15 Å². The zero-order chi connectivity index (χ0) is 17.1. The van der Waals surface area contributed by atoms with E-state index >= 15 is 0 Å². The van der Waals surface area contributed by atoms with Gasteiger partial charge in [-0.15, -0.1) is 0 Å². The first kappa shape index (κ1) is 16.4. The van der Waals surface area contributed by atoms with Crippen molar-refractivity contribution in [3.05, 3.63) is 59.8 Å². The lowest BCUT2D eigenvalue weighted by molar-refractivity contribution is 0.230. The van der Waals surface area contributed by atoms with Crippen molar-refractivity contribution in [3.8, 4) is 28.4 Å². The monoisotopic (exact) mass is 343 g/mol. The van der Waals surface area contributed by atoms with Crippen LogP contribution in [-0.2, 0) is 0 Å². The fourth-order valence-electron chi connectivity index (χ4n) is 2.40. The Labute approximate surface area is 145 Å². The van der Waals surface area contributed by atoms with Gasteiger partial charge in [0, 0.05) is 11.6 Å². The van der Waals surface area contributed by atoms with Gasteiger partial charge < -0.3 is 9.47 Å². The van der Waals surface area contributed by atoms with Crippen molar-refractivity contribution in [2.75, 3.05) is 7.11 Å². The molecule has 1 heterocycles. The molecular weight excluding hydrogens is 326 g/mol. The van der Waals surface area contributed by atoms with E-state index in [0.29, 0.717) is 5.15 Å². The second kappa shape index (κ2) is 6.95. The normalized spacial score (nSPS) is 12.0. The fraction of sp³-hybridized carbons (Fsp3) is 0.167. The number of halogens is 1. The van der Waals surface area contributed by atoms with Crippen molar-refractivity contribution in [2.24, 2.45) is 5.73 Å². The number of methoxy groups -OCH3 is 1. The molecule has 0 fully saturated rings. The van der Waals surface area contributed by atoms with Gasteiger partial charge in [-0.1, -0.05) is 11.6 Å². The maximum atomic E-state index is 6.13. The van der Waals surface area contributed by atoms with Crippen LogP contribution in [-0.4, -0.2) is 23.1 Å². The first-order valence-electron chi connectivity index (χ1n) is 7.49. The van der Waals surface area contributed by atoms with Gasteiger partial charge in [-0.25, -0.2) is 4.68 Å². The van der Waals surface area contributed by atoms with Crippen molar-refractivity contribution in [2.45, 2.75) is 13.2 Å². The lowest BCUT2D eigenvalue weighted by Gasteiger charge is -2.11. The Balaban J connectivity index is 1.96. The number of hydrogen-bond donors (Lipinski definition) is 1. The minimum Gasteiger partial charge on any atom is -0.497 e. The van der Waals surface area contributed by atoms with Gasteiger partial charge in [0.1, 0.15) is 17.7 Å². The zero-order valence-corrected chi connectivity index (χ0v) is 14.2. The molecule has 6 heteroatoms. The van der Waals surface area contributed by atoms with E-state index in [2.05, 4.69) is 5.10 Å². The molecule has 0 aliphatic heterocycles. The molecule has 5 nitrogen and oxygen atoms in total. The summed E-state index contributed by atoms with van der Waals surface area (Å²) >= 11 is 6.13. The van der Waals surface area contributed by atoms with E-state index < -0.39 is 0 Å². The molecule has 3 aromatic rings. The quantitative estimate of drug-likeness (QED) is 0.714. The Morgan fingerprint density at radius 1 is 1.04 bits per heavy atom. The molecule has 0 aliphatic carbocycles. The Morgan fingerprint density at radius 3 is 2.25 bits per heavy atom. The maximum Gasteiger partial charge on any atom is 0.152 e. The van der Waals surface area contributed by atoms with Gasteiger partial charge in [-0.05, 0) is 55.5 Å². The first-order chi connectivity index (χ1) is 11.6. The number of nitrogens with zero attached hydrogens (tertiary/aromatic N) is 2. The Hall–Kier alpha value is -2.50. The number of rotatable bonds is 5. The summed E-state index contributed by atoms with van der Waals surface area (Å²) in [5, 5.41) is 4.80. The fourth-order valence-corrected chi connectivity index (χ4v) is 2.58. The van der Waals surface area contributed by atoms with Crippen LogP contribution < -0.4 is 15.2 Å². The topological polar surface area (TPSA) is 62.3 Å². The molecule has 0 radical (unpaired) electrons. The van der Waals surface area contributed by atoms with E-state index in [1.165, 1.54) is 0 Å². The van der Waals surface area contributed by atoms with Crippen LogP contribution in [0.25, 0.3) is 16.9 Å². The van der Waals surface area contributed by atoms with Gasteiger partial charge in [0.25, 0.3) is 0 Å². The van der Waals surface area contributed by atoms with E-state index in [1.54, 1.807) is 18.7 Å². The summed E-state index contributed by atoms with van der Waals surface area (Å²) in [5.74, 6) is 1.51. The second-order valence-electron chi connectivity index (χ2n) is 5.31. The molecule has 3 rings (SSSR count). The Kier molecular flexibility index (Phi) is 4.74. The molecule has 0 spiro atoms. The number of ether oxygens (including phenoxy) is 2. The first-order valence-corrected chi connectivity index (χ1v) is 7.87. The summed E-state index contributed by atoms with van der Waals surface area (Å²) < 4.78 is 12.5. The lowest BCUT2D eigenvalue weighted by Crippen LogP contribution is -2.22. The van der Waals surface area contributed by atoms with Crippen LogP contribution in [0.3, 0.4) is 0 Å². The molecule has 1 unspecified atom stereocenters. The predicted octanol–water partition coefficient (Wildman–Crippen LogP) is 3.88. The minimum absolute atomic E-state index is 0.352. The number of benzene rings is 2. The molecular formula is C18H18ClN3O2. The van der Waals surface area contributed by atoms with Crippen molar-refractivity contribution in [3.63, 3.8) is 0 Å². The molecule has 2 aromatic carbocycles. The molecule has 0 bridgehead atoms. The maximum absolute atomic E-state index is 6.13. The number of aromatic nitrogens is 2. The third-order valence-electron chi connectivity index (χ3n) is 3.47. The Bertz CT molecular complexity index is 811. The smallest absolute Gasteiger partial charge is 0.152 e. The summed E-state index contributed by atoms with van der Waals surface area (Å²) in [4.78, 5) is 0. The average Bonchev–Trinajstić information content (AvgIpc) is 2.97. The van der Waals surface area contributed by atoms with Gasteiger partial charge in [-0.3, -0.25) is 5.73 Å². The summed E-state index contributed by atoms with van der Waals surface area (Å²) in [6.07, 6.45) is -0.352. The predicted molar refractivity (Wildman–Crippen MR) is 94.8 cm³/mol. The summed E-state index contributed by atoms with van der Waals surface area (Å²) in [6, 6.07) is 17.1. The van der Waals surface area contributed by atoms with Crippen molar-refractivity contribution < 1.29 is 9.47 Å². The SMILES string of the molecule is COc1ccc(-n2nc(Cl)cc2-c2ccc(OC(C)N)cc2)cc1. The molecule has 1 atom stereocenters. The molecule has 2 N–H and O–H groups in total. The molecule has 0 saturated carbocycles. The molecule has 0 amide bonds. The molecule has 1 aromatic heterocycles. The Morgan fingerprint density at radius 2 is 1.67 bits per heavy atom. The molecule has 0 saturated heterocycles. The van der Waals surface area contributed by atoms with Crippen LogP contribution in [0.1, 0.15) is 6.92 Å². The van der Waals surface area contributed by atoms with Crippen LogP contribution in [0, 0.1) is 0 Å². The van der Waals surface area contributed by atoms with E-state index in [-0.39, 0.29) is 6.23 Å². The van der Waals surface area contributed by atoms with Gasteiger partial charge in [-0.2, -0.15) is 5.10 Å². The van der Waals surface area contributed by atoms with E-state index in [0.717, 1.165) is 28.4 Å². The number of nitrogens with two attached hydrogens (primary N) is 1. The third-order valence-corrected chi connectivity index (χ3v) is 3.65. The summed E-state index contributed by atoms with van der Waals surface area (Å²) in [7, 11) is 1.64. The standard InChI is InChI=1S/C18H18ClN3O2/c1-12(20)24-16-7-3-13(4-8-16)17-11-18(19)21-22(17)14-5-9-15(23-2)10-6-14/h3-12H,20H2,1-2H3. The van der Waals surface area contributed by atoms with Crippen LogP contribution in [0.4, 0.5) is 0 Å². The largest absolute Gasteiger partial charge is 0.497 e. The highest BCUT2D eigenvalue weighted by Gasteiger charge is 2.11. The average molecular weight is 344 g/mol. The summed E-state index contributed by atoms with van der Waals surface area (Å²) in [5.41, 5.74) is 8.39. The van der Waals surface area contributed by atoms with Crippen LogP contribution in [0.15, 0.2) is 54.6 Å².